The largest absolute Gasteiger partial charge is 0.481 e. The van der Waals surface area contributed by atoms with Crippen molar-refractivity contribution in [2.24, 2.45) is 0 Å². The molecule has 1 aromatic rings. The maximum Gasteiger partial charge on any atom is 0.260 e. The monoisotopic (exact) mass is 269 g/mol. The van der Waals surface area contributed by atoms with Gasteiger partial charge in [-0.3, -0.25) is 4.79 Å². The number of hydrogen-bond donors (Lipinski definition) is 1. The van der Waals surface area contributed by atoms with Gasteiger partial charge in [-0.15, -0.1) is 0 Å². The first-order valence-electron chi connectivity index (χ1n) is 6.19. The summed E-state index contributed by atoms with van der Waals surface area (Å²) in [6.07, 6.45) is -0.739. The first-order chi connectivity index (χ1) is 8.82. The third kappa shape index (κ3) is 4.21. The highest BCUT2D eigenvalue weighted by Gasteiger charge is 2.14. The van der Waals surface area contributed by atoms with Crippen LogP contribution in [0.2, 0.25) is 0 Å². The summed E-state index contributed by atoms with van der Waals surface area (Å²) in [5.74, 6) is -0.790. The molecule has 0 saturated carbocycles. The summed E-state index contributed by atoms with van der Waals surface area (Å²) in [6, 6.07) is 4.26. The van der Waals surface area contributed by atoms with Crippen LogP contribution in [-0.2, 0) is 4.79 Å². The number of nitrogens with zero attached hydrogens (tertiary/aromatic N) is 1. The Morgan fingerprint density at radius 3 is 2.53 bits per heavy atom. The molecule has 106 valence electrons. The summed E-state index contributed by atoms with van der Waals surface area (Å²) in [4.78, 5) is 13.2. The fourth-order valence-corrected chi connectivity index (χ4v) is 1.42. The van der Waals surface area contributed by atoms with Crippen molar-refractivity contribution in [2.75, 3.05) is 13.7 Å². The van der Waals surface area contributed by atoms with Crippen LogP contribution in [0.25, 0.3) is 0 Å². The molecular weight excluding hydrogens is 249 g/mol. The highest BCUT2D eigenvalue weighted by Crippen LogP contribution is 2.21. The van der Waals surface area contributed by atoms with Gasteiger partial charge in [0.25, 0.3) is 5.91 Å². The predicted molar refractivity (Wildman–Crippen MR) is 70.4 cm³/mol. The lowest BCUT2D eigenvalue weighted by molar-refractivity contribution is -0.133. The van der Waals surface area contributed by atoms with Crippen molar-refractivity contribution in [3.63, 3.8) is 0 Å². The number of halogens is 1. The van der Waals surface area contributed by atoms with E-state index in [9.17, 15) is 14.3 Å². The minimum absolute atomic E-state index is 0.00917. The van der Waals surface area contributed by atoms with Gasteiger partial charge >= 0.3 is 0 Å². The van der Waals surface area contributed by atoms with Gasteiger partial charge in [-0.25, -0.2) is 4.39 Å². The normalized spacial score (nSPS) is 12.4. The molecule has 0 spiro atoms. The molecule has 0 saturated heterocycles. The number of carbonyl (C=O) groups is 1. The number of aliphatic hydroxyl groups excluding tert-OH is 1. The van der Waals surface area contributed by atoms with Crippen molar-refractivity contribution in [1.82, 2.24) is 4.90 Å². The minimum atomic E-state index is -0.739. The molecular formula is C14H20FNO3. The van der Waals surface area contributed by atoms with Crippen LogP contribution >= 0.6 is 0 Å². The third-order valence-corrected chi connectivity index (χ3v) is 2.96. The molecule has 0 aliphatic rings. The van der Waals surface area contributed by atoms with Gasteiger partial charge in [0.1, 0.15) is 0 Å². The summed E-state index contributed by atoms with van der Waals surface area (Å²) < 4.78 is 18.8. The molecule has 0 heterocycles. The van der Waals surface area contributed by atoms with Crippen LogP contribution in [0.1, 0.15) is 32.4 Å². The van der Waals surface area contributed by atoms with Gasteiger partial charge in [0.15, 0.2) is 18.2 Å². The predicted octanol–water partition coefficient (Wildman–Crippen LogP) is 2.12. The van der Waals surface area contributed by atoms with Gasteiger partial charge in [0.05, 0.1) is 6.10 Å². The number of benzene rings is 1. The lowest BCUT2D eigenvalue weighted by Gasteiger charge is -2.21. The second-order valence-corrected chi connectivity index (χ2v) is 4.75. The minimum Gasteiger partial charge on any atom is -0.481 e. The Bertz CT molecular complexity index is 446. The molecule has 0 fully saturated rings. The van der Waals surface area contributed by atoms with E-state index in [0.29, 0.717) is 5.56 Å². The Morgan fingerprint density at radius 1 is 1.42 bits per heavy atom. The summed E-state index contributed by atoms with van der Waals surface area (Å²) in [5.41, 5.74) is 0.468. The van der Waals surface area contributed by atoms with E-state index in [2.05, 4.69) is 0 Å². The van der Waals surface area contributed by atoms with Crippen molar-refractivity contribution in [1.29, 1.82) is 0 Å². The SMILES string of the molecule is CC(O)c1ccc(OCC(=O)N(C)C(C)C)c(F)c1. The van der Waals surface area contributed by atoms with E-state index in [4.69, 9.17) is 4.74 Å². The number of hydrogen-bond acceptors (Lipinski definition) is 3. The molecule has 1 atom stereocenters. The zero-order chi connectivity index (χ0) is 14.6. The third-order valence-electron chi connectivity index (χ3n) is 2.96. The van der Waals surface area contributed by atoms with E-state index in [-0.39, 0.29) is 24.3 Å². The van der Waals surface area contributed by atoms with Gasteiger partial charge in [0.2, 0.25) is 0 Å². The first kappa shape index (κ1) is 15.4. The average Bonchev–Trinajstić information content (AvgIpc) is 2.35. The maximum absolute atomic E-state index is 13.7. The van der Waals surface area contributed by atoms with Crippen LogP contribution in [0.3, 0.4) is 0 Å². The summed E-state index contributed by atoms with van der Waals surface area (Å²) >= 11 is 0. The number of amides is 1. The van der Waals surface area contributed by atoms with E-state index in [1.165, 1.54) is 17.0 Å². The molecule has 4 nitrogen and oxygen atoms in total. The molecule has 1 amide bonds. The molecule has 0 radical (unpaired) electrons. The lowest BCUT2D eigenvalue weighted by Crippen LogP contribution is -2.36. The standard InChI is InChI=1S/C14H20FNO3/c1-9(2)16(4)14(18)8-19-13-6-5-11(10(3)17)7-12(13)15/h5-7,9-10,17H,8H2,1-4H3. The van der Waals surface area contributed by atoms with Crippen LogP contribution in [0.4, 0.5) is 4.39 Å². The van der Waals surface area contributed by atoms with E-state index >= 15 is 0 Å². The van der Waals surface area contributed by atoms with Crippen LogP contribution in [0.15, 0.2) is 18.2 Å². The van der Waals surface area contributed by atoms with E-state index in [0.717, 1.165) is 0 Å². The van der Waals surface area contributed by atoms with E-state index < -0.39 is 11.9 Å². The average molecular weight is 269 g/mol. The van der Waals surface area contributed by atoms with Gasteiger partial charge in [-0.05, 0) is 38.5 Å². The number of rotatable bonds is 5. The molecule has 0 aromatic heterocycles. The van der Waals surface area contributed by atoms with Crippen LogP contribution in [0, 0.1) is 5.82 Å². The lowest BCUT2D eigenvalue weighted by atomic mass is 10.1. The van der Waals surface area contributed by atoms with Crippen LogP contribution in [-0.4, -0.2) is 35.6 Å². The summed E-state index contributed by atoms with van der Waals surface area (Å²) in [5, 5.41) is 9.32. The Hall–Kier alpha value is -1.62. The van der Waals surface area contributed by atoms with Crippen molar-refractivity contribution >= 4 is 5.91 Å². The Morgan fingerprint density at radius 2 is 2.05 bits per heavy atom. The quantitative estimate of drug-likeness (QED) is 0.890. The summed E-state index contributed by atoms with van der Waals surface area (Å²) in [7, 11) is 1.67. The molecule has 0 aliphatic heterocycles. The molecule has 1 aromatic carbocycles. The fraction of sp³-hybridized carbons (Fsp3) is 0.500. The number of ether oxygens (including phenoxy) is 1. The Labute approximate surface area is 112 Å². The molecule has 0 bridgehead atoms. The second-order valence-electron chi connectivity index (χ2n) is 4.75. The zero-order valence-electron chi connectivity index (χ0n) is 11.7. The van der Waals surface area contributed by atoms with Crippen molar-refractivity contribution in [3.8, 4) is 5.75 Å². The topological polar surface area (TPSA) is 49.8 Å². The van der Waals surface area contributed by atoms with Crippen LogP contribution < -0.4 is 4.74 Å². The van der Waals surface area contributed by atoms with Crippen molar-refractivity contribution in [2.45, 2.75) is 32.9 Å². The summed E-state index contributed by atoms with van der Waals surface area (Å²) in [6.45, 7) is 5.11. The zero-order valence-corrected chi connectivity index (χ0v) is 11.7. The number of carbonyl (C=O) groups excluding carboxylic acids is 1. The van der Waals surface area contributed by atoms with Gasteiger partial charge < -0.3 is 14.7 Å². The maximum atomic E-state index is 13.7. The molecule has 5 heteroatoms. The van der Waals surface area contributed by atoms with Gasteiger partial charge in [-0.1, -0.05) is 6.07 Å². The highest BCUT2D eigenvalue weighted by atomic mass is 19.1. The van der Waals surface area contributed by atoms with Gasteiger partial charge in [0, 0.05) is 13.1 Å². The van der Waals surface area contributed by atoms with E-state index in [1.807, 2.05) is 13.8 Å². The molecule has 1 rings (SSSR count). The first-order valence-corrected chi connectivity index (χ1v) is 6.19. The van der Waals surface area contributed by atoms with Crippen molar-refractivity contribution in [3.05, 3.63) is 29.6 Å². The molecule has 0 aliphatic carbocycles. The highest BCUT2D eigenvalue weighted by molar-refractivity contribution is 5.77. The molecule has 1 N–H and O–H groups in total. The fourth-order valence-electron chi connectivity index (χ4n) is 1.42. The number of likely N-dealkylation sites (N-methyl/N-ethyl adjacent to an activating group) is 1. The smallest absolute Gasteiger partial charge is 0.260 e. The second kappa shape index (κ2) is 6.52. The van der Waals surface area contributed by atoms with Crippen LogP contribution in [0.5, 0.6) is 5.75 Å². The number of aliphatic hydroxyl groups is 1. The van der Waals surface area contributed by atoms with Gasteiger partial charge in [-0.2, -0.15) is 0 Å². The van der Waals surface area contributed by atoms with E-state index in [1.54, 1.807) is 20.0 Å². The Balaban J connectivity index is 2.66. The molecule has 19 heavy (non-hydrogen) atoms. The van der Waals surface area contributed by atoms with Crippen molar-refractivity contribution < 1.29 is 19.0 Å². The Kier molecular flexibility index (Phi) is 5.30. The molecule has 1 unspecified atom stereocenters.